The molecule has 0 saturated carbocycles. The fourth-order valence-corrected chi connectivity index (χ4v) is 5.24. The molecule has 2 aromatic rings. The number of hydrogen-bond donors (Lipinski definition) is 2. The van der Waals surface area contributed by atoms with Gasteiger partial charge in [0.2, 0.25) is 0 Å². The van der Waals surface area contributed by atoms with Crippen LogP contribution in [0.2, 0.25) is 0 Å². The molecule has 2 aromatic carbocycles. The van der Waals surface area contributed by atoms with Gasteiger partial charge in [-0.3, -0.25) is 4.99 Å². The molecular weight excluding hydrogens is 396 g/mol. The topological polar surface area (TPSA) is 83.2 Å². The molecule has 4 rings (SSSR count). The maximum absolute atomic E-state index is 6.56. The van der Waals surface area contributed by atoms with Crippen LogP contribution < -0.4 is 11.5 Å². The second kappa shape index (κ2) is 9.23. The van der Waals surface area contributed by atoms with Crippen molar-refractivity contribution in [3.8, 4) is 0 Å². The lowest BCUT2D eigenvalue weighted by Crippen LogP contribution is -2.67. The summed E-state index contributed by atoms with van der Waals surface area (Å²) in [5.74, 6) is 1.76. The van der Waals surface area contributed by atoms with Crippen molar-refractivity contribution < 1.29 is 0 Å². The smallest absolute Gasteiger partial charge is 0.193 e. The number of nitrogens with two attached hydrogens (primary N) is 2. The van der Waals surface area contributed by atoms with Crippen molar-refractivity contribution in [2.45, 2.75) is 57.8 Å². The zero-order valence-electron chi connectivity index (χ0n) is 19.5. The first-order chi connectivity index (χ1) is 15.4. The van der Waals surface area contributed by atoms with Gasteiger partial charge in [0.25, 0.3) is 0 Å². The SMILES string of the molecule is CC(C)CC1CN(C(C)(Cc2ccccc2)N2C(N)=NCC2Cc2ccccc2)C(N)=N1. The Morgan fingerprint density at radius 3 is 2.22 bits per heavy atom. The van der Waals surface area contributed by atoms with Crippen LogP contribution in [0.5, 0.6) is 0 Å². The van der Waals surface area contributed by atoms with Crippen molar-refractivity contribution in [3.05, 3.63) is 71.8 Å². The van der Waals surface area contributed by atoms with E-state index in [1.807, 2.05) is 0 Å². The zero-order valence-corrected chi connectivity index (χ0v) is 19.5. The van der Waals surface area contributed by atoms with Crippen molar-refractivity contribution in [2.24, 2.45) is 27.4 Å². The summed E-state index contributed by atoms with van der Waals surface area (Å²) in [6.07, 6.45) is 2.69. The van der Waals surface area contributed by atoms with Gasteiger partial charge in [-0.25, -0.2) is 4.99 Å². The highest BCUT2D eigenvalue weighted by Crippen LogP contribution is 2.34. The number of nitrogens with zero attached hydrogens (tertiary/aromatic N) is 4. The van der Waals surface area contributed by atoms with Gasteiger partial charge >= 0.3 is 0 Å². The molecule has 0 amide bonds. The van der Waals surface area contributed by atoms with Gasteiger partial charge in [-0.1, -0.05) is 74.5 Å². The van der Waals surface area contributed by atoms with E-state index in [1.54, 1.807) is 0 Å². The molecule has 3 atom stereocenters. The summed E-state index contributed by atoms with van der Waals surface area (Å²) in [6.45, 7) is 8.20. The van der Waals surface area contributed by atoms with Gasteiger partial charge in [0.05, 0.1) is 18.6 Å². The highest BCUT2D eigenvalue weighted by molar-refractivity contribution is 5.84. The van der Waals surface area contributed by atoms with Crippen LogP contribution in [0, 0.1) is 5.92 Å². The Bertz CT molecular complexity index is 955. The van der Waals surface area contributed by atoms with E-state index in [4.69, 9.17) is 16.5 Å². The van der Waals surface area contributed by atoms with Gasteiger partial charge in [-0.15, -0.1) is 0 Å². The lowest BCUT2D eigenvalue weighted by atomic mass is 9.94. The maximum atomic E-state index is 6.56. The van der Waals surface area contributed by atoms with Crippen LogP contribution in [0.1, 0.15) is 38.3 Å². The minimum absolute atomic E-state index is 0.170. The fourth-order valence-electron chi connectivity index (χ4n) is 5.24. The summed E-state index contributed by atoms with van der Waals surface area (Å²) >= 11 is 0. The van der Waals surface area contributed by atoms with Gasteiger partial charge in [-0.05, 0) is 36.8 Å². The minimum Gasteiger partial charge on any atom is -0.370 e. The molecule has 4 N–H and O–H groups in total. The number of benzene rings is 2. The monoisotopic (exact) mass is 432 g/mol. The van der Waals surface area contributed by atoms with E-state index in [0.29, 0.717) is 24.4 Å². The van der Waals surface area contributed by atoms with Crippen molar-refractivity contribution in [1.29, 1.82) is 0 Å². The highest BCUT2D eigenvalue weighted by Gasteiger charge is 2.47. The van der Waals surface area contributed by atoms with Crippen LogP contribution in [0.4, 0.5) is 0 Å². The molecule has 170 valence electrons. The Morgan fingerprint density at radius 2 is 1.59 bits per heavy atom. The Balaban J connectivity index is 1.68. The molecule has 0 bridgehead atoms. The Morgan fingerprint density at radius 1 is 0.969 bits per heavy atom. The van der Waals surface area contributed by atoms with E-state index in [0.717, 1.165) is 25.8 Å². The van der Waals surface area contributed by atoms with E-state index >= 15 is 0 Å². The third kappa shape index (κ3) is 4.59. The van der Waals surface area contributed by atoms with Gasteiger partial charge in [0.1, 0.15) is 5.66 Å². The minimum atomic E-state index is -0.468. The second-order valence-electron chi connectivity index (χ2n) is 9.67. The Labute approximate surface area is 192 Å². The molecular formula is C26H36N6. The maximum Gasteiger partial charge on any atom is 0.193 e. The third-order valence-corrected chi connectivity index (χ3v) is 6.60. The second-order valence-corrected chi connectivity index (χ2v) is 9.67. The molecule has 6 nitrogen and oxygen atoms in total. The highest BCUT2D eigenvalue weighted by atomic mass is 15.5. The number of aliphatic imine (C=N–C) groups is 2. The summed E-state index contributed by atoms with van der Waals surface area (Å²) < 4.78 is 0. The van der Waals surface area contributed by atoms with Gasteiger partial charge in [-0.2, -0.15) is 0 Å². The summed E-state index contributed by atoms with van der Waals surface area (Å²) in [6, 6.07) is 21.5. The van der Waals surface area contributed by atoms with E-state index in [-0.39, 0.29) is 12.1 Å². The molecule has 3 unspecified atom stereocenters. The standard InChI is InChI=1S/C26H36N6/c1-19(2)14-22-18-31(25(28)30-22)26(3,16-21-12-8-5-9-13-21)32-23(17-29-24(32)27)15-20-10-6-4-7-11-20/h4-13,19,22-23H,14-18H2,1-3H3,(H2,27,29)(H2,28,30). The predicted octanol–water partition coefficient (Wildman–Crippen LogP) is 3.23. The van der Waals surface area contributed by atoms with Crippen LogP contribution in [-0.4, -0.2) is 52.6 Å². The van der Waals surface area contributed by atoms with Crippen LogP contribution in [-0.2, 0) is 12.8 Å². The molecule has 0 spiro atoms. The van der Waals surface area contributed by atoms with Crippen molar-refractivity contribution in [3.63, 3.8) is 0 Å². The molecule has 0 radical (unpaired) electrons. The third-order valence-electron chi connectivity index (χ3n) is 6.60. The normalized spacial score (nSPS) is 22.8. The van der Waals surface area contributed by atoms with E-state index in [1.165, 1.54) is 11.1 Å². The van der Waals surface area contributed by atoms with E-state index < -0.39 is 5.66 Å². The molecule has 0 aliphatic carbocycles. The average molecular weight is 433 g/mol. The molecule has 2 heterocycles. The van der Waals surface area contributed by atoms with Crippen LogP contribution >= 0.6 is 0 Å². The molecule has 0 fully saturated rings. The summed E-state index contributed by atoms with van der Waals surface area (Å²) in [4.78, 5) is 14.1. The van der Waals surface area contributed by atoms with Gasteiger partial charge < -0.3 is 21.3 Å². The van der Waals surface area contributed by atoms with E-state index in [2.05, 4.69) is 96.2 Å². The predicted molar refractivity (Wildman–Crippen MR) is 132 cm³/mol. The van der Waals surface area contributed by atoms with Crippen LogP contribution in [0.3, 0.4) is 0 Å². The molecule has 6 heteroatoms. The molecule has 32 heavy (non-hydrogen) atoms. The van der Waals surface area contributed by atoms with Crippen molar-refractivity contribution in [1.82, 2.24) is 9.80 Å². The number of hydrogen-bond acceptors (Lipinski definition) is 6. The largest absolute Gasteiger partial charge is 0.370 e. The summed E-state index contributed by atoms with van der Waals surface area (Å²) in [7, 11) is 0. The lowest BCUT2D eigenvalue weighted by Gasteiger charge is -2.50. The molecule has 0 aromatic heterocycles. The van der Waals surface area contributed by atoms with Crippen molar-refractivity contribution >= 4 is 11.9 Å². The van der Waals surface area contributed by atoms with Crippen LogP contribution in [0.25, 0.3) is 0 Å². The Kier molecular flexibility index (Phi) is 6.40. The fraction of sp³-hybridized carbons (Fsp3) is 0.462. The molecule has 2 aliphatic heterocycles. The average Bonchev–Trinajstić information content (AvgIpc) is 3.31. The number of guanidine groups is 2. The lowest BCUT2D eigenvalue weighted by molar-refractivity contribution is 0.0320. The summed E-state index contributed by atoms with van der Waals surface area (Å²) in [5.41, 5.74) is 15.2. The molecule has 0 saturated heterocycles. The Hall–Kier alpha value is -3.02. The summed E-state index contributed by atoms with van der Waals surface area (Å²) in [5, 5.41) is 0. The van der Waals surface area contributed by atoms with Crippen LogP contribution in [0.15, 0.2) is 70.6 Å². The number of rotatable bonds is 8. The zero-order chi connectivity index (χ0) is 22.7. The van der Waals surface area contributed by atoms with Crippen molar-refractivity contribution in [2.75, 3.05) is 13.1 Å². The quantitative estimate of drug-likeness (QED) is 0.671. The first-order valence-corrected chi connectivity index (χ1v) is 11.6. The first-order valence-electron chi connectivity index (χ1n) is 11.6. The molecule has 2 aliphatic rings. The van der Waals surface area contributed by atoms with Gasteiger partial charge in [0.15, 0.2) is 11.9 Å². The first kappa shape index (κ1) is 22.2. The van der Waals surface area contributed by atoms with Gasteiger partial charge in [0, 0.05) is 13.0 Å². The van der Waals surface area contributed by atoms with E-state index in [9.17, 15) is 0 Å².